The summed E-state index contributed by atoms with van der Waals surface area (Å²) >= 11 is 0. The maximum Gasteiger partial charge on any atom is 0.127 e. The van der Waals surface area contributed by atoms with Gasteiger partial charge < -0.3 is 0 Å². The Bertz CT molecular complexity index is 1050. The first kappa shape index (κ1) is 20.6. The Labute approximate surface area is 184 Å². The van der Waals surface area contributed by atoms with E-state index in [4.69, 9.17) is 0 Å². The molecule has 3 aromatic carbocycles. The van der Waals surface area contributed by atoms with Crippen molar-refractivity contribution in [3.8, 4) is 0 Å². The van der Waals surface area contributed by atoms with E-state index in [9.17, 15) is 4.39 Å². The van der Waals surface area contributed by atoms with Crippen molar-refractivity contribution in [2.75, 3.05) is 13.1 Å². The van der Waals surface area contributed by atoms with Gasteiger partial charge in [0.25, 0.3) is 0 Å². The largest absolute Gasteiger partial charge is 0.298 e. The average Bonchev–Trinajstić information content (AvgIpc) is 2.93. The molecule has 2 aliphatic rings. The lowest BCUT2D eigenvalue weighted by Gasteiger charge is -2.30. The molecule has 1 saturated heterocycles. The normalized spacial score (nSPS) is 15.8. The van der Waals surface area contributed by atoms with E-state index in [0.29, 0.717) is 6.54 Å². The Morgan fingerprint density at radius 2 is 1.23 bits per heavy atom. The van der Waals surface area contributed by atoms with Gasteiger partial charge in [0.05, 0.1) is 0 Å². The second kappa shape index (κ2) is 8.99. The monoisotopic (exact) mass is 417 g/mol. The van der Waals surface area contributed by atoms with E-state index >= 15 is 0 Å². The third-order valence-electron chi connectivity index (χ3n) is 6.07. The molecule has 0 amide bonds. The van der Waals surface area contributed by atoms with E-state index in [0.717, 1.165) is 31.5 Å². The van der Waals surface area contributed by atoms with Crippen molar-refractivity contribution in [3.63, 3.8) is 0 Å². The molecular weight excluding hydrogens is 393 g/mol. The first-order valence-corrected chi connectivity index (χ1v) is 10.3. The lowest BCUT2D eigenvalue weighted by atomic mass is 9.86. The van der Waals surface area contributed by atoms with Gasteiger partial charge >= 0.3 is 0 Å². The number of hydrogen-bond acceptors (Lipinski definition) is 1. The topological polar surface area (TPSA) is 3.24 Å². The SMILES string of the molecule is Cl.Fc1ccccc1CN1CCC(=C2c3ccccc3C=Cc3ccccc32)CC1. The summed E-state index contributed by atoms with van der Waals surface area (Å²) in [5.41, 5.74) is 8.90. The fourth-order valence-corrected chi connectivity index (χ4v) is 4.54. The molecule has 0 spiro atoms. The lowest BCUT2D eigenvalue weighted by Crippen LogP contribution is -2.31. The minimum Gasteiger partial charge on any atom is -0.298 e. The van der Waals surface area contributed by atoms with Crippen LogP contribution in [0.3, 0.4) is 0 Å². The van der Waals surface area contributed by atoms with Gasteiger partial charge in [0, 0.05) is 25.2 Å². The molecule has 1 aliphatic carbocycles. The highest BCUT2D eigenvalue weighted by Gasteiger charge is 2.22. The van der Waals surface area contributed by atoms with E-state index in [2.05, 4.69) is 65.6 Å². The fourth-order valence-electron chi connectivity index (χ4n) is 4.54. The van der Waals surface area contributed by atoms with Crippen molar-refractivity contribution < 1.29 is 4.39 Å². The summed E-state index contributed by atoms with van der Waals surface area (Å²) in [5, 5.41) is 0. The molecule has 0 aromatic heterocycles. The molecule has 0 atom stereocenters. The van der Waals surface area contributed by atoms with Gasteiger partial charge in [0.2, 0.25) is 0 Å². The van der Waals surface area contributed by atoms with Crippen LogP contribution in [0.2, 0.25) is 0 Å². The van der Waals surface area contributed by atoms with Gasteiger partial charge in [-0.15, -0.1) is 12.4 Å². The molecule has 1 heterocycles. The van der Waals surface area contributed by atoms with Crippen molar-refractivity contribution in [1.82, 2.24) is 4.90 Å². The summed E-state index contributed by atoms with van der Waals surface area (Å²) < 4.78 is 14.0. The highest BCUT2D eigenvalue weighted by atomic mass is 35.5. The Balaban J connectivity index is 0.00000218. The van der Waals surface area contributed by atoms with E-state index in [1.807, 2.05) is 12.1 Å². The molecular formula is C27H25ClFN. The Morgan fingerprint density at radius 3 is 1.83 bits per heavy atom. The molecule has 5 rings (SSSR count). The number of halogens is 2. The zero-order valence-electron chi connectivity index (χ0n) is 16.9. The van der Waals surface area contributed by atoms with Crippen LogP contribution in [0.1, 0.15) is 40.7 Å². The average molecular weight is 418 g/mol. The number of likely N-dealkylation sites (tertiary alicyclic amines) is 1. The Morgan fingerprint density at radius 1 is 0.700 bits per heavy atom. The summed E-state index contributed by atoms with van der Waals surface area (Å²) in [6.07, 6.45) is 6.50. The molecule has 0 radical (unpaired) electrons. The highest BCUT2D eigenvalue weighted by molar-refractivity contribution is 5.94. The van der Waals surface area contributed by atoms with Crippen LogP contribution in [0, 0.1) is 5.82 Å². The molecule has 3 heteroatoms. The van der Waals surface area contributed by atoms with Gasteiger partial charge in [0.15, 0.2) is 0 Å². The Kier molecular flexibility index (Phi) is 6.17. The first-order valence-electron chi connectivity index (χ1n) is 10.3. The van der Waals surface area contributed by atoms with Crippen LogP contribution in [-0.2, 0) is 6.54 Å². The zero-order valence-corrected chi connectivity index (χ0v) is 17.7. The minimum atomic E-state index is -0.102. The summed E-state index contributed by atoms with van der Waals surface area (Å²) in [4.78, 5) is 2.37. The van der Waals surface area contributed by atoms with Crippen LogP contribution < -0.4 is 0 Å². The summed E-state index contributed by atoms with van der Waals surface area (Å²) in [6.45, 7) is 2.61. The molecule has 1 fully saturated rings. The van der Waals surface area contributed by atoms with Crippen LogP contribution in [-0.4, -0.2) is 18.0 Å². The van der Waals surface area contributed by atoms with Crippen LogP contribution in [0.4, 0.5) is 4.39 Å². The number of piperidine rings is 1. The maximum atomic E-state index is 14.0. The molecule has 1 aliphatic heterocycles. The van der Waals surface area contributed by atoms with Crippen LogP contribution in [0.25, 0.3) is 17.7 Å². The number of nitrogens with zero attached hydrogens (tertiary/aromatic N) is 1. The second-order valence-electron chi connectivity index (χ2n) is 7.85. The van der Waals surface area contributed by atoms with E-state index in [1.165, 1.54) is 33.4 Å². The van der Waals surface area contributed by atoms with Crippen LogP contribution in [0.5, 0.6) is 0 Å². The molecule has 0 unspecified atom stereocenters. The summed E-state index contributed by atoms with van der Waals surface area (Å²) in [7, 11) is 0. The molecule has 152 valence electrons. The zero-order chi connectivity index (χ0) is 19.6. The summed E-state index contributed by atoms with van der Waals surface area (Å²) in [6, 6.07) is 24.5. The van der Waals surface area contributed by atoms with Gasteiger partial charge in [0.1, 0.15) is 5.82 Å². The van der Waals surface area contributed by atoms with Gasteiger partial charge in [-0.3, -0.25) is 4.90 Å². The predicted octanol–water partition coefficient (Wildman–Crippen LogP) is 6.83. The van der Waals surface area contributed by atoms with Crippen LogP contribution in [0.15, 0.2) is 78.4 Å². The van der Waals surface area contributed by atoms with Crippen molar-refractivity contribution in [1.29, 1.82) is 0 Å². The quantitative estimate of drug-likeness (QED) is 0.345. The van der Waals surface area contributed by atoms with Crippen molar-refractivity contribution >= 4 is 30.1 Å². The molecule has 0 N–H and O–H groups in total. The predicted molar refractivity (Wildman–Crippen MR) is 126 cm³/mol. The number of benzene rings is 3. The van der Waals surface area contributed by atoms with E-state index < -0.39 is 0 Å². The van der Waals surface area contributed by atoms with Crippen LogP contribution >= 0.6 is 12.4 Å². The fraction of sp³-hybridized carbons (Fsp3) is 0.185. The smallest absolute Gasteiger partial charge is 0.127 e. The first-order chi connectivity index (χ1) is 14.3. The number of fused-ring (bicyclic) bond motifs is 2. The Hall–Kier alpha value is -2.68. The highest BCUT2D eigenvalue weighted by Crippen LogP contribution is 2.38. The third-order valence-corrected chi connectivity index (χ3v) is 6.07. The number of hydrogen-bond donors (Lipinski definition) is 0. The van der Waals surface area contributed by atoms with Crippen molar-refractivity contribution in [2.24, 2.45) is 0 Å². The maximum absolute atomic E-state index is 14.0. The second-order valence-corrected chi connectivity index (χ2v) is 7.85. The van der Waals surface area contributed by atoms with E-state index in [1.54, 1.807) is 12.1 Å². The lowest BCUT2D eigenvalue weighted by molar-refractivity contribution is 0.245. The van der Waals surface area contributed by atoms with Crippen molar-refractivity contribution in [2.45, 2.75) is 19.4 Å². The molecule has 0 saturated carbocycles. The van der Waals surface area contributed by atoms with Gasteiger partial charge in [-0.2, -0.15) is 0 Å². The standard InChI is InChI=1S/C27H24FN.ClH/c28-26-12-6-3-9-23(26)19-29-17-15-22(16-18-29)27-24-10-4-1-7-20(24)13-14-21-8-2-5-11-25(21)27;/h1-14H,15-19H2;1H. The molecule has 30 heavy (non-hydrogen) atoms. The van der Waals surface area contributed by atoms with E-state index in [-0.39, 0.29) is 18.2 Å². The third kappa shape index (κ3) is 3.98. The minimum absolute atomic E-state index is 0. The summed E-state index contributed by atoms with van der Waals surface area (Å²) in [5.74, 6) is -0.102. The van der Waals surface area contributed by atoms with Crippen molar-refractivity contribution in [3.05, 3.63) is 112 Å². The van der Waals surface area contributed by atoms with Gasteiger partial charge in [-0.25, -0.2) is 4.39 Å². The molecule has 0 bridgehead atoms. The molecule has 1 nitrogen and oxygen atoms in total. The number of rotatable bonds is 2. The van der Waals surface area contributed by atoms with Gasteiger partial charge in [-0.1, -0.05) is 84.5 Å². The van der Waals surface area contributed by atoms with Gasteiger partial charge in [-0.05, 0) is 46.7 Å². The molecule has 3 aromatic rings.